The van der Waals surface area contributed by atoms with E-state index in [-0.39, 0.29) is 25.2 Å². The lowest BCUT2D eigenvalue weighted by atomic mass is 9.87. The largest absolute Gasteiger partial charge is 0.493 e. The van der Waals surface area contributed by atoms with Gasteiger partial charge >= 0.3 is 6.18 Å². The van der Waals surface area contributed by atoms with Gasteiger partial charge in [-0.2, -0.15) is 13.2 Å². The number of aromatic nitrogens is 1. The highest BCUT2D eigenvalue weighted by molar-refractivity contribution is 6.03. The normalized spacial score (nSPS) is 25.0. The molecule has 1 saturated carbocycles. The average Bonchev–Trinajstić information content (AvgIpc) is 3.28. The lowest BCUT2D eigenvalue weighted by molar-refractivity contribution is -0.141. The first kappa shape index (κ1) is 25.0. The number of benzene rings is 1. The van der Waals surface area contributed by atoms with Gasteiger partial charge in [0.2, 0.25) is 11.9 Å². The van der Waals surface area contributed by atoms with Gasteiger partial charge in [-0.3, -0.25) is 19.7 Å². The van der Waals surface area contributed by atoms with Crippen molar-refractivity contribution in [2.45, 2.75) is 56.2 Å². The van der Waals surface area contributed by atoms with Crippen LogP contribution >= 0.6 is 0 Å². The monoisotopic (exact) mass is 556 g/mol. The predicted octanol–water partition coefficient (Wildman–Crippen LogP) is 2.62. The number of carbonyl (C=O) groups excluding carboxylic acids is 1. The first-order valence-corrected chi connectivity index (χ1v) is 12.9. The van der Waals surface area contributed by atoms with Gasteiger partial charge in [-0.1, -0.05) is 0 Å². The van der Waals surface area contributed by atoms with Gasteiger partial charge in [0.15, 0.2) is 6.04 Å². The lowest BCUT2D eigenvalue weighted by Crippen LogP contribution is -2.55. The van der Waals surface area contributed by atoms with Gasteiger partial charge < -0.3 is 20.1 Å². The Labute approximate surface area is 225 Å². The van der Waals surface area contributed by atoms with Crippen molar-refractivity contribution in [1.82, 2.24) is 20.1 Å². The molecule has 2 N–H and O–H groups in total. The van der Waals surface area contributed by atoms with Gasteiger partial charge in [-0.25, -0.2) is 9.38 Å². The Morgan fingerprint density at radius 3 is 2.88 bits per heavy atom. The fourth-order valence-corrected chi connectivity index (χ4v) is 5.77. The maximum atomic E-state index is 14.7. The highest BCUT2D eigenvalue weighted by Gasteiger charge is 2.49. The highest BCUT2D eigenvalue weighted by Crippen LogP contribution is 2.41. The number of guanidine groups is 1. The van der Waals surface area contributed by atoms with Crippen LogP contribution in [0, 0.1) is 5.82 Å². The van der Waals surface area contributed by atoms with E-state index in [9.17, 15) is 27.5 Å². The van der Waals surface area contributed by atoms with Crippen molar-refractivity contribution in [2.75, 3.05) is 13.2 Å². The molecule has 1 aromatic carbocycles. The number of β-amino-alcohol motifs (C(OH)–C–C–N with tert-alkyl or cyclic N) is 1. The highest BCUT2D eigenvalue weighted by atomic mass is 19.4. The Morgan fingerprint density at radius 1 is 1.27 bits per heavy atom. The van der Waals surface area contributed by atoms with Crippen LogP contribution in [0.1, 0.15) is 40.8 Å². The third-order valence-electron chi connectivity index (χ3n) is 8.03. The van der Waals surface area contributed by atoms with Crippen LogP contribution in [0.25, 0.3) is 5.57 Å². The van der Waals surface area contributed by atoms with E-state index in [0.29, 0.717) is 54.3 Å². The number of rotatable bonds is 4. The third kappa shape index (κ3) is 4.10. The Balaban J connectivity index is 1.29. The second-order valence-electron chi connectivity index (χ2n) is 10.7. The summed E-state index contributed by atoms with van der Waals surface area (Å²) in [4.78, 5) is 29.5. The van der Waals surface area contributed by atoms with Crippen LogP contribution in [-0.2, 0) is 30.5 Å². The zero-order chi connectivity index (χ0) is 27.8. The molecule has 2 atom stereocenters. The maximum absolute atomic E-state index is 14.7. The number of ether oxygens (including phenoxy) is 1. The first-order valence-electron chi connectivity index (χ1n) is 12.9. The van der Waals surface area contributed by atoms with Crippen LogP contribution in [-0.4, -0.2) is 68.9 Å². The number of hydrogen-bond donors (Lipinski definition) is 2. The summed E-state index contributed by atoms with van der Waals surface area (Å²) in [7, 11) is 0. The van der Waals surface area contributed by atoms with Crippen LogP contribution in [0.4, 0.5) is 17.6 Å². The molecule has 40 heavy (non-hydrogen) atoms. The first-order chi connectivity index (χ1) is 19.1. The van der Waals surface area contributed by atoms with Crippen molar-refractivity contribution in [3.05, 3.63) is 64.4 Å². The van der Waals surface area contributed by atoms with E-state index in [1.807, 2.05) is 0 Å². The minimum atomic E-state index is -4.66. The second kappa shape index (κ2) is 8.75. The summed E-state index contributed by atoms with van der Waals surface area (Å²) in [6.07, 6.45) is 1.16. The molecule has 13 heteroatoms. The number of nitrogens with zero attached hydrogens (tertiary/aromatic N) is 5. The molecular formula is C27H24F4N6O3. The Bertz CT molecular complexity index is 1520. The molecule has 0 spiro atoms. The standard InChI is InChI=1S/C27H24F4N6O3/c28-19-1-2-20-15(3-6-40-20)17(19)9-33-25-34-10-18-16-8-32-21(27(29,30)31)7-14(16)11-36(12-26(39)4-5-26)24(38)22-23(18)37(25)13-35-22/h1-2,7-8,10,13,22-23,39H,3-6,9,11-12H2,(H,33,34). The summed E-state index contributed by atoms with van der Waals surface area (Å²) < 4.78 is 60.9. The maximum Gasteiger partial charge on any atom is 0.433 e. The van der Waals surface area contributed by atoms with Crippen LogP contribution in [0.3, 0.4) is 0 Å². The Kier molecular flexibility index (Phi) is 5.47. The van der Waals surface area contributed by atoms with Crippen molar-refractivity contribution in [1.29, 1.82) is 0 Å². The SMILES string of the molecule is O=C1C2N=CN3C(=NCc4c(F)ccc5c4CCO5)NC=C(c4cnc(C(F)(F)F)cc4CN1CC1(O)CC1)C23. The molecule has 1 amide bonds. The molecule has 0 saturated heterocycles. The molecule has 1 aromatic heterocycles. The van der Waals surface area contributed by atoms with Gasteiger partial charge in [0.25, 0.3) is 0 Å². The molecule has 5 aliphatic rings. The topological polar surface area (TPSA) is 103 Å². The van der Waals surface area contributed by atoms with Crippen LogP contribution in [0.15, 0.2) is 40.6 Å². The number of alkyl halides is 3. The molecule has 1 aliphatic carbocycles. The van der Waals surface area contributed by atoms with Gasteiger partial charge in [-0.05, 0) is 36.6 Å². The summed E-state index contributed by atoms with van der Waals surface area (Å²) >= 11 is 0. The predicted molar refractivity (Wildman–Crippen MR) is 135 cm³/mol. The molecule has 9 nitrogen and oxygen atoms in total. The summed E-state index contributed by atoms with van der Waals surface area (Å²) in [6, 6.07) is 2.27. The van der Waals surface area contributed by atoms with Crippen molar-refractivity contribution in [3.63, 3.8) is 0 Å². The molecule has 2 unspecified atom stereocenters. The minimum Gasteiger partial charge on any atom is -0.493 e. The van der Waals surface area contributed by atoms with Crippen molar-refractivity contribution in [2.24, 2.45) is 9.98 Å². The fourth-order valence-electron chi connectivity index (χ4n) is 5.77. The number of fused-ring (bicyclic) bond motifs is 3. The number of nitrogens with one attached hydrogen (secondary N) is 1. The van der Waals surface area contributed by atoms with Crippen molar-refractivity contribution >= 4 is 23.8 Å². The summed E-state index contributed by atoms with van der Waals surface area (Å²) in [5.41, 5.74) is 0.303. The molecule has 7 rings (SSSR count). The van der Waals surface area contributed by atoms with Gasteiger partial charge in [-0.15, -0.1) is 0 Å². The summed E-state index contributed by atoms with van der Waals surface area (Å²) in [5, 5.41) is 13.7. The number of halogens is 4. The smallest absolute Gasteiger partial charge is 0.433 e. The van der Waals surface area contributed by atoms with Crippen molar-refractivity contribution < 1.29 is 32.2 Å². The zero-order valence-corrected chi connectivity index (χ0v) is 21.1. The van der Waals surface area contributed by atoms with E-state index in [1.54, 1.807) is 17.2 Å². The molecule has 208 valence electrons. The molecule has 1 fully saturated rings. The molecule has 4 aliphatic heterocycles. The van der Waals surface area contributed by atoms with E-state index in [0.717, 1.165) is 11.6 Å². The third-order valence-corrected chi connectivity index (χ3v) is 8.03. The second-order valence-corrected chi connectivity index (χ2v) is 10.7. The van der Waals surface area contributed by atoms with Gasteiger partial charge in [0.05, 0.1) is 31.1 Å². The zero-order valence-electron chi connectivity index (χ0n) is 21.1. The number of aliphatic hydroxyl groups is 1. The quantitative estimate of drug-likeness (QED) is 0.562. The Morgan fingerprint density at radius 2 is 2.10 bits per heavy atom. The molecule has 0 radical (unpaired) electrons. The van der Waals surface area contributed by atoms with Crippen LogP contribution < -0.4 is 10.1 Å². The lowest BCUT2D eigenvalue weighted by Gasteiger charge is -2.39. The molecule has 0 bridgehead atoms. The van der Waals surface area contributed by atoms with Crippen LogP contribution in [0.5, 0.6) is 5.75 Å². The van der Waals surface area contributed by atoms with Gasteiger partial charge in [0.1, 0.15) is 17.3 Å². The van der Waals surface area contributed by atoms with E-state index >= 15 is 0 Å². The number of amides is 1. The molecule has 5 heterocycles. The number of hydrogen-bond acceptors (Lipinski definition) is 6. The minimum absolute atomic E-state index is 0.00574. The van der Waals surface area contributed by atoms with Crippen LogP contribution in [0.2, 0.25) is 0 Å². The van der Waals surface area contributed by atoms with E-state index in [2.05, 4.69) is 20.3 Å². The summed E-state index contributed by atoms with van der Waals surface area (Å²) in [5.74, 6) is 0.141. The van der Waals surface area contributed by atoms with E-state index in [4.69, 9.17) is 4.74 Å². The van der Waals surface area contributed by atoms with Gasteiger partial charge in [0, 0.05) is 54.2 Å². The van der Waals surface area contributed by atoms with E-state index < -0.39 is 41.3 Å². The van der Waals surface area contributed by atoms with Crippen molar-refractivity contribution in [3.8, 4) is 5.75 Å². The molecule has 2 aromatic rings. The summed E-state index contributed by atoms with van der Waals surface area (Å²) in [6.45, 7) is 0.338. The Hall–Kier alpha value is -4.00. The number of carbonyl (C=O) groups is 1. The molecular weight excluding hydrogens is 532 g/mol. The number of aliphatic imine (C=N–C) groups is 2. The fraction of sp³-hybridized carbons (Fsp3) is 0.407. The van der Waals surface area contributed by atoms with E-state index in [1.165, 1.54) is 23.5 Å². The number of pyridine rings is 1. The average molecular weight is 557 g/mol.